The zero-order valence-corrected chi connectivity index (χ0v) is 17.5. The molecule has 0 spiro atoms. The van der Waals surface area contributed by atoms with Crippen LogP contribution in [0.3, 0.4) is 0 Å². The number of thiazole rings is 1. The quantitative estimate of drug-likeness (QED) is 0.485. The molecule has 1 aliphatic rings. The van der Waals surface area contributed by atoms with Gasteiger partial charge in [0, 0.05) is 36.4 Å². The van der Waals surface area contributed by atoms with E-state index in [9.17, 15) is 9.59 Å². The number of H-pyrrole nitrogens is 1. The van der Waals surface area contributed by atoms with Gasteiger partial charge in [-0.2, -0.15) is 0 Å². The van der Waals surface area contributed by atoms with Gasteiger partial charge in [0.2, 0.25) is 5.91 Å². The number of aromatic amines is 1. The fourth-order valence-corrected chi connectivity index (χ4v) is 4.56. The molecular weight excluding hydrogens is 400 g/mol. The highest BCUT2D eigenvalue weighted by Crippen LogP contribution is 2.32. The maximum absolute atomic E-state index is 12.8. The minimum Gasteiger partial charge on any atom is -0.370 e. The van der Waals surface area contributed by atoms with Crippen LogP contribution in [-0.2, 0) is 4.79 Å². The first-order valence-electron chi connectivity index (χ1n) is 9.75. The molecule has 9 heteroatoms. The average molecular weight is 425 g/mol. The third kappa shape index (κ3) is 3.81. The van der Waals surface area contributed by atoms with Crippen molar-refractivity contribution in [2.45, 2.75) is 18.4 Å². The number of carbonyl (C=O) groups is 2. The summed E-state index contributed by atoms with van der Waals surface area (Å²) in [6, 6.07) is 9.59. The van der Waals surface area contributed by atoms with E-state index in [0.717, 1.165) is 21.9 Å². The third-order valence-electron chi connectivity index (χ3n) is 5.64. The van der Waals surface area contributed by atoms with Crippen molar-refractivity contribution in [3.63, 3.8) is 0 Å². The second kappa shape index (κ2) is 8.29. The first-order chi connectivity index (χ1) is 14.5. The normalized spacial score (nSPS) is 15.7. The number of primary amides is 1. The lowest BCUT2D eigenvalue weighted by Gasteiger charge is -2.41. The lowest BCUT2D eigenvalue weighted by molar-refractivity contribution is -0.125. The molecule has 2 amide bonds. The van der Waals surface area contributed by atoms with Crippen LogP contribution in [0.5, 0.6) is 0 Å². The number of nitrogens with two attached hydrogens (primary N) is 1. The Kier molecular flexibility index (Phi) is 5.56. The summed E-state index contributed by atoms with van der Waals surface area (Å²) in [5, 5.41) is 8.63. The number of piperidine rings is 1. The van der Waals surface area contributed by atoms with Gasteiger partial charge in [-0.05, 0) is 38.1 Å². The maximum Gasteiger partial charge on any atom is 0.275 e. The molecule has 156 valence electrons. The molecule has 1 saturated heterocycles. The molecule has 0 atom stereocenters. The Balaban J connectivity index is 1.49. The van der Waals surface area contributed by atoms with E-state index in [0.29, 0.717) is 31.6 Å². The number of carbonyl (C=O) groups excluding carboxylic acids is 2. The second-order valence-corrected chi connectivity index (χ2v) is 8.15. The van der Waals surface area contributed by atoms with E-state index in [-0.39, 0.29) is 11.8 Å². The number of hydrogen-bond acceptors (Lipinski definition) is 6. The number of nitrogens with zero attached hydrogens (tertiary/aromatic N) is 2. The Morgan fingerprint density at radius 2 is 2.00 bits per heavy atom. The van der Waals surface area contributed by atoms with Crippen LogP contribution in [0.1, 0.15) is 23.3 Å². The Morgan fingerprint density at radius 3 is 2.67 bits per heavy atom. The average Bonchev–Trinajstić information content (AvgIpc) is 3.46. The van der Waals surface area contributed by atoms with Gasteiger partial charge < -0.3 is 26.3 Å². The van der Waals surface area contributed by atoms with E-state index < -0.39 is 5.54 Å². The fraction of sp³-hybridized carbons (Fsp3) is 0.286. The fourth-order valence-electron chi connectivity index (χ4n) is 3.76. The number of hydrogen-bond donors (Lipinski definition) is 4. The van der Waals surface area contributed by atoms with Crippen LogP contribution in [0, 0.1) is 0 Å². The highest BCUT2D eigenvalue weighted by molar-refractivity contribution is 7.13. The van der Waals surface area contributed by atoms with Gasteiger partial charge in [0.1, 0.15) is 16.2 Å². The number of para-hydroxylation sites is 2. The minimum atomic E-state index is -0.677. The Bertz CT molecular complexity index is 1040. The van der Waals surface area contributed by atoms with Crippen LogP contribution in [0.2, 0.25) is 0 Å². The van der Waals surface area contributed by atoms with Crippen LogP contribution in [-0.4, -0.2) is 47.5 Å². The monoisotopic (exact) mass is 424 g/mol. The van der Waals surface area contributed by atoms with Crippen LogP contribution in [0.25, 0.3) is 10.6 Å². The minimum absolute atomic E-state index is 0.251. The lowest BCUT2D eigenvalue weighted by Crippen LogP contribution is -2.59. The number of amides is 2. The molecule has 30 heavy (non-hydrogen) atoms. The SMILES string of the molecule is CNC1(C(N)=O)CCN(c2ccccc2NC(=O)c2csc(-c3cc[nH]c3)n2)CC1. The summed E-state index contributed by atoms with van der Waals surface area (Å²) in [5.41, 5.74) is 7.90. The molecular formula is C21H24N6O2S. The zero-order chi connectivity index (χ0) is 21.1. The van der Waals surface area contributed by atoms with Crippen molar-refractivity contribution in [1.82, 2.24) is 15.3 Å². The van der Waals surface area contributed by atoms with Gasteiger partial charge in [-0.1, -0.05) is 12.1 Å². The van der Waals surface area contributed by atoms with Crippen LogP contribution < -0.4 is 21.3 Å². The summed E-state index contributed by atoms with van der Waals surface area (Å²) in [6.07, 6.45) is 4.89. The Labute approximate surface area is 178 Å². The summed E-state index contributed by atoms with van der Waals surface area (Å²) in [7, 11) is 1.77. The Hall–Kier alpha value is -3.17. The summed E-state index contributed by atoms with van der Waals surface area (Å²) >= 11 is 1.43. The molecule has 0 unspecified atom stereocenters. The zero-order valence-electron chi connectivity index (χ0n) is 16.6. The molecule has 0 bridgehead atoms. The molecule has 1 aliphatic heterocycles. The number of rotatable bonds is 6. The summed E-state index contributed by atoms with van der Waals surface area (Å²) in [6.45, 7) is 1.32. The molecule has 0 radical (unpaired) electrons. The van der Waals surface area contributed by atoms with Crippen molar-refractivity contribution in [2.24, 2.45) is 5.73 Å². The number of likely N-dealkylation sites (N-methyl/N-ethyl adjacent to an activating group) is 1. The van der Waals surface area contributed by atoms with Crippen molar-refractivity contribution in [1.29, 1.82) is 0 Å². The van der Waals surface area contributed by atoms with Crippen molar-refractivity contribution in [2.75, 3.05) is 30.4 Å². The number of benzene rings is 1. The topological polar surface area (TPSA) is 116 Å². The summed E-state index contributed by atoms with van der Waals surface area (Å²) in [4.78, 5) is 34.3. The number of aromatic nitrogens is 2. The van der Waals surface area contributed by atoms with Gasteiger partial charge in [0.15, 0.2) is 0 Å². The molecule has 1 aromatic carbocycles. The van der Waals surface area contributed by atoms with Crippen molar-refractivity contribution < 1.29 is 9.59 Å². The van der Waals surface area contributed by atoms with Gasteiger partial charge in [-0.15, -0.1) is 11.3 Å². The molecule has 0 saturated carbocycles. The molecule has 8 nitrogen and oxygen atoms in total. The predicted octanol–water partition coefficient (Wildman–Crippen LogP) is 2.43. The molecule has 1 fully saturated rings. The largest absolute Gasteiger partial charge is 0.370 e. The maximum atomic E-state index is 12.8. The second-order valence-electron chi connectivity index (χ2n) is 7.29. The van der Waals surface area contributed by atoms with E-state index in [4.69, 9.17) is 5.73 Å². The molecule has 2 aromatic heterocycles. The molecule has 4 rings (SSSR count). The predicted molar refractivity (Wildman–Crippen MR) is 119 cm³/mol. The molecule has 5 N–H and O–H groups in total. The van der Waals surface area contributed by atoms with E-state index in [2.05, 4.69) is 25.5 Å². The van der Waals surface area contributed by atoms with Gasteiger partial charge in [-0.25, -0.2) is 4.98 Å². The smallest absolute Gasteiger partial charge is 0.275 e. The number of anilines is 2. The lowest BCUT2D eigenvalue weighted by atomic mass is 9.86. The van der Waals surface area contributed by atoms with E-state index >= 15 is 0 Å². The highest BCUT2D eigenvalue weighted by atomic mass is 32.1. The van der Waals surface area contributed by atoms with Crippen LogP contribution >= 0.6 is 11.3 Å². The van der Waals surface area contributed by atoms with E-state index in [1.54, 1.807) is 12.4 Å². The summed E-state index contributed by atoms with van der Waals surface area (Å²) in [5.74, 6) is -0.577. The first-order valence-corrected chi connectivity index (χ1v) is 10.6. The van der Waals surface area contributed by atoms with Gasteiger partial charge >= 0.3 is 0 Å². The first kappa shape index (κ1) is 20.1. The van der Waals surface area contributed by atoms with Gasteiger partial charge in [0.05, 0.1) is 11.4 Å². The molecule has 3 heterocycles. The van der Waals surface area contributed by atoms with E-state index in [1.165, 1.54) is 11.3 Å². The number of nitrogens with one attached hydrogen (secondary N) is 3. The molecule has 0 aliphatic carbocycles. The van der Waals surface area contributed by atoms with Crippen molar-refractivity contribution >= 4 is 34.5 Å². The molecule has 3 aromatic rings. The van der Waals surface area contributed by atoms with Gasteiger partial charge in [-0.3, -0.25) is 9.59 Å². The van der Waals surface area contributed by atoms with Crippen molar-refractivity contribution in [3.8, 4) is 10.6 Å². The standard InChI is InChI=1S/C21H24N6O2S/c1-23-21(20(22)29)7-10-27(11-8-21)17-5-3-2-4-15(17)25-18(28)16-13-30-19(26-16)14-6-9-24-12-14/h2-6,9,12-13,23-24H,7-8,10-11H2,1H3,(H2,22,29)(H,25,28). The van der Waals surface area contributed by atoms with Gasteiger partial charge in [0.25, 0.3) is 5.91 Å². The van der Waals surface area contributed by atoms with E-state index in [1.807, 2.05) is 42.7 Å². The summed E-state index contributed by atoms with van der Waals surface area (Å²) < 4.78 is 0. The highest BCUT2D eigenvalue weighted by Gasteiger charge is 2.38. The van der Waals surface area contributed by atoms with Crippen LogP contribution in [0.4, 0.5) is 11.4 Å². The third-order valence-corrected chi connectivity index (χ3v) is 6.53. The van der Waals surface area contributed by atoms with Crippen molar-refractivity contribution in [3.05, 3.63) is 53.8 Å². The van der Waals surface area contributed by atoms with Crippen LogP contribution in [0.15, 0.2) is 48.1 Å². The Morgan fingerprint density at radius 1 is 1.23 bits per heavy atom.